The molecule has 1 aromatic carbocycles. The number of aromatic nitrogens is 1. The third-order valence-electron chi connectivity index (χ3n) is 5.49. The first-order valence-electron chi connectivity index (χ1n) is 10.3. The highest BCUT2D eigenvalue weighted by Crippen LogP contribution is 2.31. The van der Waals surface area contributed by atoms with Gasteiger partial charge in [-0.3, -0.25) is 19.5 Å². The van der Waals surface area contributed by atoms with E-state index in [-0.39, 0.29) is 23.6 Å². The fourth-order valence-corrected chi connectivity index (χ4v) is 3.92. The molecule has 0 radical (unpaired) electrons. The number of carbonyl (C=O) groups is 2. The van der Waals surface area contributed by atoms with Crippen LogP contribution in [0.4, 0.5) is 5.69 Å². The molecule has 1 fully saturated rings. The lowest BCUT2D eigenvalue weighted by Crippen LogP contribution is -2.46. The van der Waals surface area contributed by atoms with Crippen LogP contribution in [-0.4, -0.2) is 22.8 Å². The van der Waals surface area contributed by atoms with Crippen LogP contribution in [0.25, 0.3) is 0 Å². The highest BCUT2D eigenvalue weighted by Gasteiger charge is 2.35. The van der Waals surface area contributed by atoms with Crippen molar-refractivity contribution in [3.05, 3.63) is 84.1 Å². The summed E-state index contributed by atoms with van der Waals surface area (Å²) in [5.74, 6) is -0.385. The van der Waals surface area contributed by atoms with Crippen LogP contribution in [0.2, 0.25) is 0 Å². The van der Waals surface area contributed by atoms with E-state index in [4.69, 9.17) is 4.42 Å². The third kappa shape index (κ3) is 4.27. The number of pyridine rings is 1. The van der Waals surface area contributed by atoms with Crippen LogP contribution >= 0.6 is 0 Å². The fraction of sp³-hybridized carbons (Fsp3) is 0.292. The molecule has 3 aromatic rings. The molecule has 1 aliphatic carbocycles. The van der Waals surface area contributed by atoms with E-state index in [1.165, 1.54) is 11.2 Å². The van der Waals surface area contributed by atoms with Crippen molar-refractivity contribution in [2.24, 2.45) is 0 Å². The molecule has 154 valence electrons. The zero-order chi connectivity index (χ0) is 20.9. The third-order valence-corrected chi connectivity index (χ3v) is 5.49. The van der Waals surface area contributed by atoms with E-state index >= 15 is 0 Å². The number of nitrogens with zero attached hydrogens (tertiary/aromatic N) is 2. The smallest absolute Gasteiger partial charge is 0.294 e. The van der Waals surface area contributed by atoms with Gasteiger partial charge in [0.05, 0.1) is 6.26 Å². The molecule has 6 nitrogen and oxygen atoms in total. The molecule has 0 unspecified atom stereocenters. The molecule has 0 saturated heterocycles. The summed E-state index contributed by atoms with van der Waals surface area (Å²) < 4.78 is 5.39. The molecule has 0 aliphatic heterocycles. The van der Waals surface area contributed by atoms with E-state index in [0.717, 1.165) is 31.2 Å². The molecule has 2 heterocycles. The Hall–Kier alpha value is -3.41. The largest absolute Gasteiger partial charge is 0.459 e. The number of aryl methyl sites for hydroxylation is 1. The summed E-state index contributed by atoms with van der Waals surface area (Å²) in [7, 11) is 0. The van der Waals surface area contributed by atoms with E-state index < -0.39 is 6.04 Å². The number of benzene rings is 1. The average molecular weight is 403 g/mol. The van der Waals surface area contributed by atoms with Gasteiger partial charge in [-0.15, -0.1) is 0 Å². The van der Waals surface area contributed by atoms with Crippen LogP contribution in [0, 0.1) is 6.92 Å². The van der Waals surface area contributed by atoms with Gasteiger partial charge < -0.3 is 9.73 Å². The van der Waals surface area contributed by atoms with Crippen molar-refractivity contribution in [2.75, 3.05) is 4.90 Å². The Kier molecular flexibility index (Phi) is 5.93. The quantitative estimate of drug-likeness (QED) is 0.661. The molecule has 1 atom stereocenters. The Bertz CT molecular complexity index is 978. The van der Waals surface area contributed by atoms with Gasteiger partial charge in [0, 0.05) is 24.1 Å². The van der Waals surface area contributed by atoms with E-state index in [9.17, 15) is 9.59 Å². The fourth-order valence-electron chi connectivity index (χ4n) is 3.92. The molecule has 1 N–H and O–H groups in total. The molecule has 1 saturated carbocycles. The van der Waals surface area contributed by atoms with E-state index in [1.54, 1.807) is 36.7 Å². The first kappa shape index (κ1) is 19.9. The van der Waals surface area contributed by atoms with Gasteiger partial charge in [-0.1, -0.05) is 30.5 Å². The summed E-state index contributed by atoms with van der Waals surface area (Å²) in [5, 5.41) is 3.16. The normalized spacial score (nSPS) is 15.0. The Morgan fingerprint density at radius 3 is 2.40 bits per heavy atom. The minimum absolute atomic E-state index is 0.139. The number of rotatable bonds is 6. The second-order valence-electron chi connectivity index (χ2n) is 7.66. The Morgan fingerprint density at radius 2 is 1.77 bits per heavy atom. The van der Waals surface area contributed by atoms with Crippen molar-refractivity contribution in [3.63, 3.8) is 0 Å². The number of anilines is 1. The summed E-state index contributed by atoms with van der Waals surface area (Å²) in [6, 6.07) is 13.7. The van der Waals surface area contributed by atoms with E-state index in [0.29, 0.717) is 11.3 Å². The predicted octanol–water partition coefficient (Wildman–Crippen LogP) is 4.43. The molecule has 1 aliphatic rings. The number of amides is 2. The van der Waals surface area contributed by atoms with Gasteiger partial charge in [0.1, 0.15) is 6.04 Å². The van der Waals surface area contributed by atoms with Gasteiger partial charge in [0.15, 0.2) is 5.76 Å². The molecular weight excluding hydrogens is 378 g/mol. The summed E-state index contributed by atoms with van der Waals surface area (Å²) in [6.07, 6.45) is 8.87. The maximum Gasteiger partial charge on any atom is 0.294 e. The lowest BCUT2D eigenvalue weighted by Gasteiger charge is -2.31. The van der Waals surface area contributed by atoms with Crippen LogP contribution in [0.15, 0.2) is 71.6 Å². The minimum Gasteiger partial charge on any atom is -0.459 e. The monoisotopic (exact) mass is 403 g/mol. The van der Waals surface area contributed by atoms with Gasteiger partial charge in [0.2, 0.25) is 5.91 Å². The first-order valence-corrected chi connectivity index (χ1v) is 10.3. The van der Waals surface area contributed by atoms with Crippen LogP contribution < -0.4 is 10.2 Å². The summed E-state index contributed by atoms with van der Waals surface area (Å²) in [5.41, 5.74) is 2.39. The molecule has 2 amide bonds. The maximum atomic E-state index is 13.5. The van der Waals surface area contributed by atoms with Crippen molar-refractivity contribution in [3.8, 4) is 0 Å². The number of hydrogen-bond acceptors (Lipinski definition) is 4. The number of hydrogen-bond donors (Lipinski definition) is 1. The molecule has 30 heavy (non-hydrogen) atoms. The number of nitrogens with one attached hydrogen (secondary N) is 1. The zero-order valence-electron chi connectivity index (χ0n) is 17.0. The molecule has 0 spiro atoms. The Balaban J connectivity index is 1.78. The van der Waals surface area contributed by atoms with Crippen molar-refractivity contribution < 1.29 is 14.0 Å². The summed E-state index contributed by atoms with van der Waals surface area (Å²) >= 11 is 0. The molecule has 6 heteroatoms. The predicted molar refractivity (Wildman–Crippen MR) is 114 cm³/mol. The number of furan rings is 1. The van der Waals surface area contributed by atoms with Gasteiger partial charge in [-0.05, 0) is 61.7 Å². The highest BCUT2D eigenvalue weighted by molar-refractivity contribution is 6.08. The molecule has 2 aromatic heterocycles. The average Bonchev–Trinajstić information content (AvgIpc) is 3.47. The molecule has 4 rings (SSSR count). The van der Waals surface area contributed by atoms with Crippen LogP contribution in [0.3, 0.4) is 0 Å². The molecule has 0 bridgehead atoms. The van der Waals surface area contributed by atoms with Crippen molar-refractivity contribution in [1.82, 2.24) is 10.3 Å². The van der Waals surface area contributed by atoms with Gasteiger partial charge in [0.25, 0.3) is 5.91 Å². The lowest BCUT2D eigenvalue weighted by molar-refractivity contribution is -0.123. The van der Waals surface area contributed by atoms with Crippen LogP contribution in [0.5, 0.6) is 0 Å². The lowest BCUT2D eigenvalue weighted by atomic mass is 10.0. The Morgan fingerprint density at radius 1 is 1.07 bits per heavy atom. The molecular formula is C24H25N3O3. The second-order valence-corrected chi connectivity index (χ2v) is 7.66. The van der Waals surface area contributed by atoms with Gasteiger partial charge in [-0.25, -0.2) is 0 Å². The van der Waals surface area contributed by atoms with E-state index in [2.05, 4.69) is 10.3 Å². The summed E-state index contributed by atoms with van der Waals surface area (Å²) in [4.78, 5) is 32.6. The van der Waals surface area contributed by atoms with Crippen LogP contribution in [-0.2, 0) is 4.79 Å². The topological polar surface area (TPSA) is 75.4 Å². The highest BCUT2D eigenvalue weighted by atomic mass is 16.3. The number of carbonyl (C=O) groups excluding carboxylic acids is 2. The van der Waals surface area contributed by atoms with E-state index in [1.807, 2.05) is 31.2 Å². The minimum atomic E-state index is -0.839. The van der Waals surface area contributed by atoms with Crippen molar-refractivity contribution >= 4 is 17.5 Å². The van der Waals surface area contributed by atoms with Gasteiger partial charge in [-0.2, -0.15) is 0 Å². The summed E-state index contributed by atoms with van der Waals surface area (Å²) in [6.45, 7) is 1.98. The van der Waals surface area contributed by atoms with Crippen LogP contribution in [0.1, 0.15) is 53.4 Å². The second kappa shape index (κ2) is 8.95. The first-order chi connectivity index (χ1) is 14.6. The SMILES string of the molecule is Cc1ccc(N(C(=O)c2ccco2)[C@@H](C(=O)NC2CCCC2)c2ccncc2)cc1. The van der Waals surface area contributed by atoms with Gasteiger partial charge >= 0.3 is 0 Å². The maximum absolute atomic E-state index is 13.5. The zero-order valence-corrected chi connectivity index (χ0v) is 17.0. The standard InChI is InChI=1S/C24H25N3O3/c1-17-8-10-20(11-9-17)27(24(29)21-7-4-16-30-21)22(18-12-14-25-15-13-18)23(28)26-19-5-2-3-6-19/h4,7-16,19,22H,2-3,5-6H2,1H3,(H,26,28)/t22-/m1/s1. The Labute approximate surface area is 175 Å². The van der Waals surface area contributed by atoms with Crippen molar-refractivity contribution in [2.45, 2.75) is 44.7 Å². The van der Waals surface area contributed by atoms with Crippen molar-refractivity contribution in [1.29, 1.82) is 0 Å².